The normalized spacial score (nSPS) is 15.5. The number of carbonyl (C=O) groups is 1. The molecular formula is C24H26F3N5O5S. The highest BCUT2D eigenvalue weighted by atomic mass is 32.2. The number of sulfone groups is 1. The molecular weight excluding hydrogens is 527 g/mol. The van der Waals surface area contributed by atoms with Gasteiger partial charge in [-0.2, -0.15) is 13.2 Å². The minimum Gasteiger partial charge on any atom is -0.493 e. The van der Waals surface area contributed by atoms with Crippen LogP contribution in [-0.2, 0) is 21.2 Å². The monoisotopic (exact) mass is 553 g/mol. The Bertz CT molecular complexity index is 1510. The number of rotatable bonds is 6. The highest BCUT2D eigenvalue weighted by molar-refractivity contribution is 7.92. The van der Waals surface area contributed by atoms with Crippen molar-refractivity contribution in [1.29, 1.82) is 0 Å². The Hall–Kier alpha value is -3.65. The van der Waals surface area contributed by atoms with Crippen molar-refractivity contribution in [2.75, 3.05) is 25.5 Å². The fourth-order valence-corrected chi connectivity index (χ4v) is 5.08. The predicted molar refractivity (Wildman–Crippen MR) is 132 cm³/mol. The molecule has 3 heterocycles. The second-order valence-electron chi connectivity index (χ2n) is 9.16. The van der Waals surface area contributed by atoms with Gasteiger partial charge in [-0.15, -0.1) is 0 Å². The molecule has 0 radical (unpaired) electrons. The van der Waals surface area contributed by atoms with Crippen LogP contribution in [0.25, 0.3) is 5.69 Å². The molecule has 1 fully saturated rings. The number of amides is 1. The number of benzene rings is 1. The number of nitrogens with zero attached hydrogens (tertiary/aromatic N) is 4. The molecule has 0 aliphatic carbocycles. The number of likely N-dealkylation sites (tertiary alicyclic amines) is 1. The van der Waals surface area contributed by atoms with Gasteiger partial charge in [0, 0.05) is 12.1 Å². The van der Waals surface area contributed by atoms with Gasteiger partial charge in [-0.25, -0.2) is 17.8 Å². The molecule has 0 bridgehead atoms. The van der Waals surface area contributed by atoms with Crippen LogP contribution in [0.15, 0.2) is 52.4 Å². The lowest BCUT2D eigenvalue weighted by molar-refractivity contribution is -0.121. The van der Waals surface area contributed by atoms with Gasteiger partial charge in [0.1, 0.15) is 0 Å². The summed E-state index contributed by atoms with van der Waals surface area (Å²) >= 11 is 0. The number of hydrogen-bond donors (Lipinski definition) is 2. The van der Waals surface area contributed by atoms with Crippen molar-refractivity contribution in [3.63, 3.8) is 0 Å². The number of nitrogens with one attached hydrogen (secondary N) is 1. The summed E-state index contributed by atoms with van der Waals surface area (Å²) in [6.45, 7) is 3.05. The molecule has 1 saturated heterocycles. The average Bonchev–Trinajstić information content (AvgIpc) is 3.08. The van der Waals surface area contributed by atoms with Crippen molar-refractivity contribution < 1.29 is 31.5 Å². The van der Waals surface area contributed by atoms with Gasteiger partial charge in [0.05, 0.1) is 34.7 Å². The summed E-state index contributed by atoms with van der Waals surface area (Å²) in [6, 6.07) is 5.07. The molecule has 14 heteroatoms. The number of anilines is 1. The molecule has 0 spiro atoms. The van der Waals surface area contributed by atoms with Crippen molar-refractivity contribution in [3.05, 3.63) is 64.5 Å². The van der Waals surface area contributed by atoms with E-state index in [9.17, 15) is 36.3 Å². The molecule has 4 rings (SSSR count). The van der Waals surface area contributed by atoms with E-state index in [0.29, 0.717) is 11.3 Å². The number of halogens is 3. The summed E-state index contributed by atoms with van der Waals surface area (Å²) < 4.78 is 63.9. The van der Waals surface area contributed by atoms with Crippen LogP contribution in [0.2, 0.25) is 0 Å². The maximum Gasteiger partial charge on any atom is 0.501 e. The van der Waals surface area contributed by atoms with E-state index in [0.717, 1.165) is 54.8 Å². The van der Waals surface area contributed by atoms with E-state index in [4.69, 9.17) is 0 Å². The number of carbonyl (C=O) groups excluding carboxylic acids is 1. The molecule has 0 saturated carbocycles. The zero-order valence-corrected chi connectivity index (χ0v) is 21.4. The summed E-state index contributed by atoms with van der Waals surface area (Å²) in [4.78, 5) is 31.3. The van der Waals surface area contributed by atoms with E-state index in [1.807, 2.05) is 7.05 Å². The van der Waals surface area contributed by atoms with E-state index in [1.165, 1.54) is 23.9 Å². The highest BCUT2D eigenvalue weighted by Crippen LogP contribution is 2.31. The first-order valence-corrected chi connectivity index (χ1v) is 13.1. The molecule has 1 amide bonds. The summed E-state index contributed by atoms with van der Waals surface area (Å²) in [5, 5.41) is 13.5. The first kappa shape index (κ1) is 27.4. The molecule has 0 atom stereocenters. The fourth-order valence-electron chi connectivity index (χ4n) is 4.31. The molecule has 1 aliphatic heterocycles. The summed E-state index contributed by atoms with van der Waals surface area (Å²) in [5.74, 6) is -0.767. The predicted octanol–water partition coefficient (Wildman–Crippen LogP) is 2.67. The van der Waals surface area contributed by atoms with Gasteiger partial charge in [-0.05, 0) is 75.8 Å². The number of pyridine rings is 1. The molecule has 0 unspecified atom stereocenters. The van der Waals surface area contributed by atoms with E-state index in [2.05, 4.69) is 15.2 Å². The fraction of sp³-hybridized carbons (Fsp3) is 0.375. The summed E-state index contributed by atoms with van der Waals surface area (Å²) in [6.07, 6.45) is 4.41. The Morgan fingerprint density at radius 2 is 1.79 bits per heavy atom. The van der Waals surface area contributed by atoms with Crippen LogP contribution in [0.1, 0.15) is 24.1 Å². The minimum absolute atomic E-state index is 0.0269. The maximum absolute atomic E-state index is 13.2. The third-order valence-corrected chi connectivity index (χ3v) is 8.16. The Morgan fingerprint density at radius 3 is 2.39 bits per heavy atom. The Balaban J connectivity index is 1.61. The summed E-state index contributed by atoms with van der Waals surface area (Å²) in [5.41, 5.74) is -5.09. The van der Waals surface area contributed by atoms with Gasteiger partial charge in [0.2, 0.25) is 11.8 Å². The van der Waals surface area contributed by atoms with Crippen LogP contribution in [-0.4, -0.2) is 64.1 Å². The molecule has 10 nitrogen and oxygen atoms in total. The molecule has 1 aromatic carbocycles. The lowest BCUT2D eigenvalue weighted by Gasteiger charge is -2.28. The minimum atomic E-state index is -5.56. The first-order chi connectivity index (χ1) is 17.8. The standard InChI is InChI=1S/C24H26F3N5O5S/c1-15-22(34)32(18-3-5-19(6-4-18)38(36,37)24(25,26)27)23(35)31(15)14-17-7-10-28-13-20(17)29-21(33)16-8-11-30(2)12-9-16/h3-7,10,13,16,34H,8-9,11-12,14H2,1-2H3,(H,29,33). The van der Waals surface area contributed by atoms with E-state index < -0.39 is 31.8 Å². The van der Waals surface area contributed by atoms with E-state index in [1.54, 1.807) is 6.07 Å². The Morgan fingerprint density at radius 1 is 1.16 bits per heavy atom. The second-order valence-corrected chi connectivity index (χ2v) is 11.1. The SMILES string of the molecule is Cc1c(O)n(-c2ccc(S(=O)(=O)C(F)(F)F)cc2)c(=O)n1Cc1ccncc1NC(=O)C1CCN(C)CC1. The number of aromatic hydroxyl groups is 1. The lowest BCUT2D eigenvalue weighted by atomic mass is 9.96. The van der Waals surface area contributed by atoms with E-state index in [-0.39, 0.29) is 29.8 Å². The van der Waals surface area contributed by atoms with Crippen LogP contribution >= 0.6 is 0 Å². The summed E-state index contributed by atoms with van der Waals surface area (Å²) in [7, 11) is -3.57. The largest absolute Gasteiger partial charge is 0.501 e. The first-order valence-electron chi connectivity index (χ1n) is 11.7. The van der Waals surface area contributed by atoms with Crippen LogP contribution in [0.5, 0.6) is 5.88 Å². The smallest absolute Gasteiger partial charge is 0.493 e. The van der Waals surface area contributed by atoms with Gasteiger partial charge in [-0.1, -0.05) is 0 Å². The van der Waals surface area contributed by atoms with Gasteiger partial charge in [0.25, 0.3) is 9.84 Å². The van der Waals surface area contributed by atoms with Crippen LogP contribution in [0.4, 0.5) is 18.9 Å². The van der Waals surface area contributed by atoms with Gasteiger partial charge in [0.15, 0.2) is 0 Å². The number of aromatic nitrogens is 3. The lowest BCUT2D eigenvalue weighted by Crippen LogP contribution is -2.36. The number of hydrogen-bond acceptors (Lipinski definition) is 7. The van der Waals surface area contributed by atoms with Crippen molar-refractivity contribution in [1.82, 2.24) is 19.0 Å². The molecule has 38 heavy (non-hydrogen) atoms. The molecule has 2 N–H and O–H groups in total. The van der Waals surface area contributed by atoms with Gasteiger partial charge in [-0.3, -0.25) is 14.3 Å². The molecule has 1 aliphatic rings. The van der Waals surface area contributed by atoms with Crippen molar-refractivity contribution in [2.24, 2.45) is 5.92 Å². The third-order valence-electron chi connectivity index (χ3n) is 6.66. The zero-order valence-electron chi connectivity index (χ0n) is 20.6. The molecule has 3 aromatic rings. The average molecular weight is 554 g/mol. The number of imidazole rings is 1. The third kappa shape index (κ3) is 5.18. The van der Waals surface area contributed by atoms with Crippen LogP contribution in [0, 0.1) is 12.8 Å². The van der Waals surface area contributed by atoms with Crippen molar-refractivity contribution in [3.8, 4) is 11.6 Å². The number of alkyl halides is 3. The number of piperidine rings is 1. The Kier molecular flexibility index (Phi) is 7.39. The second kappa shape index (κ2) is 10.3. The highest BCUT2D eigenvalue weighted by Gasteiger charge is 2.46. The van der Waals surface area contributed by atoms with Crippen molar-refractivity contribution in [2.45, 2.75) is 36.7 Å². The van der Waals surface area contributed by atoms with Crippen molar-refractivity contribution >= 4 is 21.4 Å². The van der Waals surface area contributed by atoms with E-state index >= 15 is 0 Å². The van der Waals surface area contributed by atoms with Gasteiger partial charge < -0.3 is 15.3 Å². The maximum atomic E-state index is 13.2. The topological polar surface area (TPSA) is 127 Å². The van der Waals surface area contributed by atoms with Crippen LogP contribution in [0.3, 0.4) is 0 Å². The molecule has 204 valence electrons. The van der Waals surface area contributed by atoms with Crippen LogP contribution < -0.4 is 11.0 Å². The molecule has 2 aromatic heterocycles. The zero-order chi connectivity index (χ0) is 27.8. The van der Waals surface area contributed by atoms with Gasteiger partial charge >= 0.3 is 11.2 Å². The Labute approximate surface area is 216 Å². The quantitative estimate of drug-likeness (QED) is 0.481.